The van der Waals surface area contributed by atoms with Crippen LogP contribution in [0, 0.1) is 13.8 Å². The topological polar surface area (TPSA) is 49.7 Å². The molecule has 1 aliphatic rings. The third-order valence-electron chi connectivity index (χ3n) is 3.14. The second kappa shape index (κ2) is 3.62. The lowest BCUT2D eigenvalue weighted by Gasteiger charge is -2.17. The second-order valence-electron chi connectivity index (χ2n) is 4.26. The van der Waals surface area contributed by atoms with Crippen LogP contribution < -0.4 is 0 Å². The molecule has 0 unspecified atom stereocenters. The van der Waals surface area contributed by atoms with E-state index in [-0.39, 0.29) is 5.75 Å². The van der Waals surface area contributed by atoms with Gasteiger partial charge in [0, 0.05) is 10.6 Å². The Bertz CT molecular complexity index is 474. The first-order valence-electron chi connectivity index (χ1n) is 5.10. The molecule has 0 spiro atoms. The third-order valence-corrected chi connectivity index (χ3v) is 3.53. The van der Waals surface area contributed by atoms with Crippen molar-refractivity contribution in [1.29, 1.82) is 0 Å². The lowest BCUT2D eigenvalue weighted by Crippen LogP contribution is -2.06. The number of rotatable bonds is 2. The molecule has 1 aromatic carbocycles. The number of carbonyl (C=O) groups excluding carboxylic acids is 1. The first-order valence-corrected chi connectivity index (χ1v) is 5.48. The molecule has 3 nitrogen and oxygen atoms in total. The summed E-state index contributed by atoms with van der Waals surface area (Å²) >= 11 is 6.07. The Morgan fingerprint density at radius 3 is 2.62 bits per heavy atom. The zero-order valence-corrected chi connectivity index (χ0v) is 9.93. The molecule has 0 amide bonds. The molecule has 84 valence electrons. The highest BCUT2D eigenvalue weighted by Crippen LogP contribution is 2.54. The molecular weight excluding hydrogens is 226 g/mol. The Morgan fingerprint density at radius 2 is 2.12 bits per heavy atom. The fourth-order valence-electron chi connectivity index (χ4n) is 2.05. The van der Waals surface area contributed by atoms with Crippen LogP contribution in [0.1, 0.15) is 29.5 Å². The molecule has 1 aromatic rings. The molecule has 0 atom stereocenters. The average molecular weight is 238 g/mol. The van der Waals surface area contributed by atoms with Crippen LogP contribution >= 0.6 is 11.6 Å². The molecule has 1 fully saturated rings. The van der Waals surface area contributed by atoms with E-state index in [1.165, 1.54) is 0 Å². The van der Waals surface area contributed by atoms with E-state index in [1.54, 1.807) is 19.1 Å². The maximum absolute atomic E-state index is 10.4. The van der Waals surface area contributed by atoms with Gasteiger partial charge in [-0.1, -0.05) is 11.6 Å². The molecule has 4 heteroatoms. The molecule has 0 saturated heterocycles. The van der Waals surface area contributed by atoms with Gasteiger partial charge in [0.2, 0.25) is 6.08 Å². The van der Waals surface area contributed by atoms with Gasteiger partial charge in [-0.05, 0) is 43.9 Å². The predicted octanol–water partition coefficient (Wildman–Crippen LogP) is 2.99. The molecule has 1 N–H and O–H groups in total. The van der Waals surface area contributed by atoms with Crippen LogP contribution in [0.15, 0.2) is 11.1 Å². The van der Waals surface area contributed by atoms with Crippen LogP contribution in [-0.4, -0.2) is 11.2 Å². The summed E-state index contributed by atoms with van der Waals surface area (Å²) in [7, 11) is 0. The highest BCUT2D eigenvalue weighted by atomic mass is 35.5. The van der Waals surface area contributed by atoms with Crippen molar-refractivity contribution in [3.63, 3.8) is 0 Å². The maximum Gasteiger partial charge on any atom is 0.235 e. The van der Waals surface area contributed by atoms with Gasteiger partial charge in [-0.15, -0.1) is 0 Å². The van der Waals surface area contributed by atoms with Gasteiger partial charge in [-0.2, -0.15) is 4.99 Å². The number of benzene rings is 1. The van der Waals surface area contributed by atoms with Crippen molar-refractivity contribution >= 4 is 17.7 Å². The van der Waals surface area contributed by atoms with Gasteiger partial charge < -0.3 is 5.11 Å². The number of phenols is 1. The van der Waals surface area contributed by atoms with Crippen molar-refractivity contribution in [1.82, 2.24) is 0 Å². The van der Waals surface area contributed by atoms with E-state index < -0.39 is 5.54 Å². The Hall–Kier alpha value is -1.31. The van der Waals surface area contributed by atoms with Gasteiger partial charge >= 0.3 is 0 Å². The largest absolute Gasteiger partial charge is 0.507 e. The minimum absolute atomic E-state index is 0.193. The van der Waals surface area contributed by atoms with Crippen molar-refractivity contribution in [3.8, 4) is 5.75 Å². The monoisotopic (exact) mass is 237 g/mol. The van der Waals surface area contributed by atoms with Crippen LogP contribution in [0.3, 0.4) is 0 Å². The van der Waals surface area contributed by atoms with Gasteiger partial charge in [0.15, 0.2) is 0 Å². The Morgan fingerprint density at radius 1 is 1.50 bits per heavy atom. The van der Waals surface area contributed by atoms with E-state index in [0.717, 1.165) is 18.4 Å². The van der Waals surface area contributed by atoms with Gasteiger partial charge in [0.25, 0.3) is 0 Å². The second-order valence-corrected chi connectivity index (χ2v) is 4.67. The van der Waals surface area contributed by atoms with Gasteiger partial charge in [-0.25, -0.2) is 4.79 Å². The Kier molecular flexibility index (Phi) is 2.53. The van der Waals surface area contributed by atoms with E-state index in [9.17, 15) is 9.90 Å². The summed E-state index contributed by atoms with van der Waals surface area (Å²) in [6.07, 6.45) is 3.10. The minimum Gasteiger partial charge on any atom is -0.507 e. The van der Waals surface area contributed by atoms with Crippen molar-refractivity contribution in [2.75, 3.05) is 0 Å². The fourth-order valence-corrected chi connectivity index (χ4v) is 2.31. The molecule has 1 aliphatic carbocycles. The summed E-state index contributed by atoms with van der Waals surface area (Å²) in [4.78, 5) is 14.2. The standard InChI is InChI=1S/C12H12ClNO2/c1-7-5-9(13)8(2)10(11(7)16)12(3-4-12)14-6-15/h5,16H,3-4H2,1-2H3. The molecule has 16 heavy (non-hydrogen) atoms. The normalized spacial score (nSPS) is 16.7. The number of hydrogen-bond acceptors (Lipinski definition) is 3. The number of hydrogen-bond donors (Lipinski definition) is 1. The van der Waals surface area contributed by atoms with Crippen molar-refractivity contribution < 1.29 is 9.90 Å². The van der Waals surface area contributed by atoms with Gasteiger partial charge in [0.05, 0.1) is 0 Å². The van der Waals surface area contributed by atoms with Crippen LogP contribution in [0.5, 0.6) is 5.75 Å². The summed E-state index contributed by atoms with van der Waals surface area (Å²) < 4.78 is 0. The van der Waals surface area contributed by atoms with E-state index in [1.807, 2.05) is 6.92 Å². The van der Waals surface area contributed by atoms with Crippen molar-refractivity contribution in [2.45, 2.75) is 32.2 Å². The lowest BCUT2D eigenvalue weighted by atomic mass is 9.96. The molecule has 0 bridgehead atoms. The fraction of sp³-hybridized carbons (Fsp3) is 0.417. The number of nitrogens with zero attached hydrogens (tertiary/aromatic N) is 1. The first-order chi connectivity index (χ1) is 7.52. The summed E-state index contributed by atoms with van der Waals surface area (Å²) in [6, 6.07) is 1.72. The number of halogens is 1. The van der Waals surface area contributed by atoms with E-state index >= 15 is 0 Å². The van der Waals surface area contributed by atoms with E-state index in [2.05, 4.69) is 4.99 Å². The molecule has 0 aromatic heterocycles. The highest BCUT2D eigenvalue weighted by Gasteiger charge is 2.48. The number of aryl methyl sites for hydroxylation is 1. The SMILES string of the molecule is Cc1cc(Cl)c(C)c(C2(N=C=O)CC2)c1O. The average Bonchev–Trinajstić information content (AvgIpc) is 2.97. The van der Waals surface area contributed by atoms with Gasteiger partial charge in [0.1, 0.15) is 11.3 Å². The van der Waals surface area contributed by atoms with E-state index in [4.69, 9.17) is 11.6 Å². The molecule has 1 saturated carbocycles. The van der Waals surface area contributed by atoms with Crippen molar-refractivity contribution in [3.05, 3.63) is 27.8 Å². The lowest BCUT2D eigenvalue weighted by molar-refractivity contribution is 0.454. The zero-order chi connectivity index (χ0) is 11.9. The summed E-state index contributed by atoms with van der Waals surface area (Å²) in [5, 5.41) is 10.7. The first kappa shape index (κ1) is 11.2. The van der Waals surface area contributed by atoms with Crippen LogP contribution in [0.2, 0.25) is 5.02 Å². The number of aliphatic imine (C=N–C) groups is 1. The van der Waals surface area contributed by atoms with Crippen LogP contribution in [-0.2, 0) is 10.3 Å². The molecule has 0 heterocycles. The molecule has 2 rings (SSSR count). The van der Waals surface area contributed by atoms with Crippen LogP contribution in [0.25, 0.3) is 0 Å². The maximum atomic E-state index is 10.4. The Balaban J connectivity index is 2.69. The van der Waals surface area contributed by atoms with E-state index in [0.29, 0.717) is 16.1 Å². The highest BCUT2D eigenvalue weighted by molar-refractivity contribution is 6.31. The summed E-state index contributed by atoms with van der Waals surface area (Å²) in [5.74, 6) is 0.193. The zero-order valence-electron chi connectivity index (χ0n) is 9.17. The summed E-state index contributed by atoms with van der Waals surface area (Å²) in [6.45, 7) is 3.61. The number of phenolic OH excluding ortho intramolecular Hbond substituents is 1. The van der Waals surface area contributed by atoms with Gasteiger partial charge in [-0.3, -0.25) is 0 Å². The molecule has 0 radical (unpaired) electrons. The Labute approximate surface area is 98.8 Å². The quantitative estimate of drug-likeness (QED) is 0.635. The minimum atomic E-state index is -0.578. The predicted molar refractivity (Wildman–Crippen MR) is 61.6 cm³/mol. The molecular formula is C12H12ClNO2. The number of aromatic hydroxyl groups is 1. The molecule has 0 aliphatic heterocycles. The summed E-state index contributed by atoms with van der Waals surface area (Å²) in [5.41, 5.74) is 1.60. The van der Waals surface area contributed by atoms with Crippen LogP contribution in [0.4, 0.5) is 0 Å². The number of isocyanates is 1. The third kappa shape index (κ3) is 1.53. The smallest absolute Gasteiger partial charge is 0.235 e. The van der Waals surface area contributed by atoms with Crippen molar-refractivity contribution in [2.24, 2.45) is 4.99 Å².